The van der Waals surface area contributed by atoms with E-state index in [2.05, 4.69) is 17.3 Å². The van der Waals surface area contributed by atoms with Gasteiger partial charge in [-0.2, -0.15) is 0 Å². The van der Waals surface area contributed by atoms with Crippen molar-refractivity contribution in [2.45, 2.75) is 13.0 Å². The van der Waals surface area contributed by atoms with Crippen molar-refractivity contribution < 1.29 is 9.66 Å². The van der Waals surface area contributed by atoms with Gasteiger partial charge in [-0.25, -0.2) is 0 Å². The SMILES string of the molecule is Cc1cc([N+](=O)[O-])cc(Cl)c1NCC1CN(C)CCO1. The molecule has 20 heavy (non-hydrogen) atoms. The number of hydrogen-bond donors (Lipinski definition) is 1. The first-order chi connectivity index (χ1) is 9.47. The molecule has 1 unspecified atom stereocenters. The molecular weight excluding hydrogens is 282 g/mol. The summed E-state index contributed by atoms with van der Waals surface area (Å²) >= 11 is 6.11. The van der Waals surface area contributed by atoms with Crippen LogP contribution in [0.2, 0.25) is 5.02 Å². The summed E-state index contributed by atoms with van der Waals surface area (Å²) in [6.07, 6.45) is 0.0967. The number of rotatable bonds is 4. The average Bonchev–Trinajstić information content (AvgIpc) is 2.37. The largest absolute Gasteiger partial charge is 0.381 e. The summed E-state index contributed by atoms with van der Waals surface area (Å²) in [5.41, 5.74) is 1.49. The number of nitrogens with one attached hydrogen (secondary N) is 1. The predicted octanol–water partition coefficient (Wildman–Crippen LogP) is 2.30. The molecular formula is C13H18ClN3O3. The molecule has 1 aliphatic rings. The maximum absolute atomic E-state index is 10.8. The zero-order valence-electron chi connectivity index (χ0n) is 11.6. The van der Waals surface area contributed by atoms with Gasteiger partial charge in [0.2, 0.25) is 0 Å². The number of aryl methyl sites for hydroxylation is 1. The Morgan fingerprint density at radius 3 is 2.95 bits per heavy atom. The van der Waals surface area contributed by atoms with Gasteiger partial charge >= 0.3 is 0 Å². The lowest BCUT2D eigenvalue weighted by molar-refractivity contribution is -0.384. The molecule has 1 aromatic carbocycles. The molecule has 1 atom stereocenters. The number of benzene rings is 1. The topological polar surface area (TPSA) is 67.6 Å². The maximum Gasteiger partial charge on any atom is 0.271 e. The van der Waals surface area contributed by atoms with Crippen LogP contribution in [-0.4, -0.2) is 49.2 Å². The van der Waals surface area contributed by atoms with Crippen LogP contribution >= 0.6 is 11.6 Å². The highest BCUT2D eigenvalue weighted by Gasteiger charge is 2.19. The molecule has 0 bridgehead atoms. The number of nitro groups is 1. The fourth-order valence-electron chi connectivity index (χ4n) is 2.26. The zero-order valence-corrected chi connectivity index (χ0v) is 12.3. The second-order valence-corrected chi connectivity index (χ2v) is 5.42. The molecule has 1 saturated heterocycles. The van der Waals surface area contributed by atoms with Crippen molar-refractivity contribution in [1.29, 1.82) is 0 Å². The van der Waals surface area contributed by atoms with Crippen LogP contribution in [0.25, 0.3) is 0 Å². The third kappa shape index (κ3) is 3.59. The van der Waals surface area contributed by atoms with Gasteiger partial charge in [0.05, 0.1) is 28.3 Å². The van der Waals surface area contributed by atoms with Gasteiger partial charge in [-0.1, -0.05) is 11.6 Å². The normalized spacial score (nSPS) is 19.9. The molecule has 0 radical (unpaired) electrons. The van der Waals surface area contributed by atoms with Crippen LogP contribution in [0.3, 0.4) is 0 Å². The number of morpholine rings is 1. The van der Waals surface area contributed by atoms with Crippen molar-refractivity contribution in [1.82, 2.24) is 4.90 Å². The van der Waals surface area contributed by atoms with Crippen molar-refractivity contribution in [2.75, 3.05) is 38.6 Å². The number of ether oxygens (including phenoxy) is 1. The fourth-order valence-corrected chi connectivity index (χ4v) is 2.59. The van der Waals surface area contributed by atoms with Gasteiger partial charge in [-0.15, -0.1) is 0 Å². The van der Waals surface area contributed by atoms with E-state index in [4.69, 9.17) is 16.3 Å². The molecule has 1 N–H and O–H groups in total. The number of likely N-dealkylation sites (N-methyl/N-ethyl adjacent to an activating group) is 1. The Kier molecular flexibility index (Phi) is 4.80. The van der Waals surface area contributed by atoms with Crippen molar-refractivity contribution in [2.24, 2.45) is 0 Å². The van der Waals surface area contributed by atoms with E-state index in [0.717, 1.165) is 30.9 Å². The molecule has 1 fully saturated rings. The average molecular weight is 300 g/mol. The summed E-state index contributed by atoms with van der Waals surface area (Å²) in [5, 5.41) is 14.4. The highest BCUT2D eigenvalue weighted by atomic mass is 35.5. The third-order valence-corrected chi connectivity index (χ3v) is 3.63. The lowest BCUT2D eigenvalue weighted by Gasteiger charge is -2.30. The first-order valence-electron chi connectivity index (χ1n) is 6.46. The Bertz CT molecular complexity index is 487. The van der Waals surface area contributed by atoms with Gasteiger partial charge in [-0.05, 0) is 19.5 Å². The smallest absolute Gasteiger partial charge is 0.271 e. The highest BCUT2D eigenvalue weighted by molar-refractivity contribution is 6.33. The molecule has 0 saturated carbocycles. The van der Waals surface area contributed by atoms with E-state index in [-0.39, 0.29) is 11.8 Å². The lowest BCUT2D eigenvalue weighted by Crippen LogP contribution is -2.43. The Morgan fingerprint density at radius 1 is 1.60 bits per heavy atom. The van der Waals surface area contributed by atoms with Crippen LogP contribution < -0.4 is 5.32 Å². The van der Waals surface area contributed by atoms with E-state index < -0.39 is 4.92 Å². The van der Waals surface area contributed by atoms with E-state index >= 15 is 0 Å². The van der Waals surface area contributed by atoms with Crippen LogP contribution in [0.1, 0.15) is 5.56 Å². The summed E-state index contributed by atoms with van der Waals surface area (Å²) in [5.74, 6) is 0. The number of halogens is 1. The van der Waals surface area contributed by atoms with Crippen molar-refractivity contribution >= 4 is 23.0 Å². The van der Waals surface area contributed by atoms with Crippen LogP contribution in [0.5, 0.6) is 0 Å². The van der Waals surface area contributed by atoms with E-state index in [1.165, 1.54) is 12.1 Å². The summed E-state index contributed by atoms with van der Waals surface area (Å²) in [6.45, 7) is 4.94. The second kappa shape index (κ2) is 6.39. The van der Waals surface area contributed by atoms with Crippen molar-refractivity contribution in [3.05, 3.63) is 32.8 Å². The fraction of sp³-hybridized carbons (Fsp3) is 0.538. The molecule has 0 amide bonds. The molecule has 0 spiro atoms. The van der Waals surface area contributed by atoms with Gasteiger partial charge < -0.3 is 15.0 Å². The maximum atomic E-state index is 10.8. The molecule has 1 aliphatic heterocycles. The molecule has 1 heterocycles. The first-order valence-corrected chi connectivity index (χ1v) is 6.83. The predicted molar refractivity (Wildman–Crippen MR) is 78.6 cm³/mol. The van der Waals surface area contributed by atoms with Gasteiger partial charge in [0.25, 0.3) is 5.69 Å². The summed E-state index contributed by atoms with van der Waals surface area (Å²) in [4.78, 5) is 12.5. The number of non-ortho nitro benzene ring substituents is 1. The van der Waals surface area contributed by atoms with Gasteiger partial charge in [0, 0.05) is 31.8 Å². The van der Waals surface area contributed by atoms with E-state index in [1.807, 2.05) is 0 Å². The molecule has 6 nitrogen and oxygen atoms in total. The Labute approximate surface area is 122 Å². The second-order valence-electron chi connectivity index (χ2n) is 5.01. The van der Waals surface area contributed by atoms with Gasteiger partial charge in [-0.3, -0.25) is 10.1 Å². The number of hydrogen-bond acceptors (Lipinski definition) is 5. The lowest BCUT2D eigenvalue weighted by atomic mass is 10.1. The van der Waals surface area contributed by atoms with Crippen molar-refractivity contribution in [3.63, 3.8) is 0 Å². The van der Waals surface area contributed by atoms with Crippen LogP contribution in [0.4, 0.5) is 11.4 Å². The van der Waals surface area contributed by atoms with Crippen LogP contribution in [-0.2, 0) is 4.74 Å². The Balaban J connectivity index is 2.04. The van der Waals surface area contributed by atoms with Crippen molar-refractivity contribution in [3.8, 4) is 0 Å². The van der Waals surface area contributed by atoms with E-state index in [1.54, 1.807) is 6.92 Å². The summed E-state index contributed by atoms with van der Waals surface area (Å²) < 4.78 is 5.66. The zero-order chi connectivity index (χ0) is 14.7. The summed E-state index contributed by atoms with van der Waals surface area (Å²) in [7, 11) is 2.06. The van der Waals surface area contributed by atoms with Gasteiger partial charge in [0.1, 0.15) is 0 Å². The minimum absolute atomic E-state index is 0.00620. The van der Waals surface area contributed by atoms with E-state index in [0.29, 0.717) is 11.6 Å². The monoisotopic (exact) mass is 299 g/mol. The van der Waals surface area contributed by atoms with Crippen LogP contribution in [0, 0.1) is 17.0 Å². The quantitative estimate of drug-likeness (QED) is 0.682. The first kappa shape index (κ1) is 15.0. The van der Waals surface area contributed by atoms with Crippen LogP contribution in [0.15, 0.2) is 12.1 Å². The van der Waals surface area contributed by atoms with Gasteiger partial charge in [0.15, 0.2) is 0 Å². The summed E-state index contributed by atoms with van der Waals surface area (Å²) in [6, 6.07) is 2.88. The number of nitro benzene ring substituents is 1. The number of anilines is 1. The molecule has 7 heteroatoms. The molecule has 0 aromatic heterocycles. The number of nitrogens with zero attached hydrogens (tertiary/aromatic N) is 2. The minimum Gasteiger partial charge on any atom is -0.381 e. The standard InChI is InChI=1S/C13H18ClN3O3/c1-9-5-10(17(18)19)6-12(14)13(9)15-7-11-8-16(2)3-4-20-11/h5-6,11,15H,3-4,7-8H2,1-2H3. The minimum atomic E-state index is -0.443. The molecule has 1 aromatic rings. The highest BCUT2D eigenvalue weighted by Crippen LogP contribution is 2.30. The molecule has 110 valence electrons. The molecule has 0 aliphatic carbocycles. The Morgan fingerprint density at radius 2 is 2.35 bits per heavy atom. The van der Waals surface area contributed by atoms with E-state index in [9.17, 15) is 10.1 Å². The third-order valence-electron chi connectivity index (χ3n) is 3.33. The molecule has 2 rings (SSSR count). The Hall–Kier alpha value is -1.37.